The van der Waals surface area contributed by atoms with E-state index in [1.807, 2.05) is 35.7 Å². The summed E-state index contributed by atoms with van der Waals surface area (Å²) in [6.07, 6.45) is 0.839. The molecule has 3 aromatic rings. The van der Waals surface area contributed by atoms with Gasteiger partial charge in [-0.3, -0.25) is 4.79 Å². The molecule has 130 valence electrons. The zero-order valence-corrected chi connectivity index (χ0v) is 15.8. The van der Waals surface area contributed by atoms with Gasteiger partial charge in [-0.25, -0.2) is 4.98 Å². The smallest absolute Gasteiger partial charge is 0.230 e. The van der Waals surface area contributed by atoms with Crippen LogP contribution in [0.4, 0.5) is 5.69 Å². The Bertz CT molecular complexity index is 994. The van der Waals surface area contributed by atoms with E-state index in [0.29, 0.717) is 33.4 Å². The molecule has 0 spiro atoms. The Kier molecular flexibility index (Phi) is 5.89. The van der Waals surface area contributed by atoms with Crippen LogP contribution < -0.4 is 5.32 Å². The molecule has 26 heavy (non-hydrogen) atoms. The molecule has 4 nitrogen and oxygen atoms in total. The van der Waals surface area contributed by atoms with Crippen molar-refractivity contribution in [3.8, 4) is 6.07 Å². The molecular weight excluding hydrogens is 389 g/mol. The third-order valence-electron chi connectivity index (χ3n) is 3.56. The van der Waals surface area contributed by atoms with Crippen LogP contribution in [0.5, 0.6) is 0 Å². The highest BCUT2D eigenvalue weighted by Crippen LogP contribution is 2.21. The van der Waals surface area contributed by atoms with Crippen LogP contribution in [0.3, 0.4) is 0 Å². The van der Waals surface area contributed by atoms with Gasteiger partial charge in [0.15, 0.2) is 0 Å². The Labute approximate surface area is 165 Å². The summed E-state index contributed by atoms with van der Waals surface area (Å²) in [6.45, 7) is 0. The van der Waals surface area contributed by atoms with Crippen molar-refractivity contribution in [2.75, 3.05) is 5.32 Å². The summed E-state index contributed by atoms with van der Waals surface area (Å²) in [5, 5.41) is 15.6. The number of benzene rings is 2. The van der Waals surface area contributed by atoms with E-state index in [4.69, 9.17) is 28.5 Å². The molecule has 3 rings (SSSR count). The van der Waals surface area contributed by atoms with Crippen LogP contribution in [0.25, 0.3) is 0 Å². The molecule has 1 amide bonds. The number of rotatable bonds is 5. The zero-order chi connectivity index (χ0) is 18.5. The van der Waals surface area contributed by atoms with Crippen LogP contribution in [0, 0.1) is 11.3 Å². The fourth-order valence-electron chi connectivity index (χ4n) is 2.39. The third kappa shape index (κ3) is 4.83. The largest absolute Gasteiger partial charge is 0.326 e. The number of carbonyl (C=O) groups is 1. The quantitative estimate of drug-likeness (QED) is 0.646. The summed E-state index contributed by atoms with van der Waals surface area (Å²) in [5.41, 5.74) is 2.64. The van der Waals surface area contributed by atoms with Gasteiger partial charge in [0.25, 0.3) is 0 Å². The molecule has 2 aromatic carbocycles. The Balaban J connectivity index is 1.62. The lowest BCUT2D eigenvalue weighted by Crippen LogP contribution is -2.14. The van der Waals surface area contributed by atoms with E-state index in [9.17, 15) is 4.79 Å². The molecule has 0 unspecified atom stereocenters. The minimum Gasteiger partial charge on any atom is -0.326 e. The van der Waals surface area contributed by atoms with Gasteiger partial charge in [0.1, 0.15) is 6.07 Å². The number of hydrogen-bond donors (Lipinski definition) is 1. The number of nitriles is 1. The van der Waals surface area contributed by atoms with E-state index in [1.165, 1.54) is 11.3 Å². The number of aromatic nitrogens is 1. The van der Waals surface area contributed by atoms with E-state index in [-0.39, 0.29) is 12.3 Å². The fourth-order valence-corrected chi connectivity index (χ4v) is 3.59. The Morgan fingerprint density at radius 2 is 2.08 bits per heavy atom. The fraction of sp³-hybridized carbons (Fsp3) is 0.105. The van der Waals surface area contributed by atoms with Gasteiger partial charge in [0.05, 0.1) is 27.7 Å². The minimum absolute atomic E-state index is 0.163. The number of anilines is 1. The second-order valence-corrected chi connectivity index (χ2v) is 7.36. The molecule has 0 bridgehead atoms. The lowest BCUT2D eigenvalue weighted by Gasteiger charge is -2.05. The monoisotopic (exact) mass is 401 g/mol. The topological polar surface area (TPSA) is 65.8 Å². The Morgan fingerprint density at radius 1 is 1.23 bits per heavy atom. The first-order valence-corrected chi connectivity index (χ1v) is 9.34. The standard InChI is InChI=1S/C19H13Cl2N3OS/c20-14-3-1-2-12(6-14)7-19-24-16(11-26-19)9-18(25)23-15-4-5-17(21)13(8-15)10-22/h1-6,8,11H,7,9H2,(H,23,25). The first-order chi connectivity index (χ1) is 12.5. The van der Waals surface area contributed by atoms with E-state index < -0.39 is 0 Å². The van der Waals surface area contributed by atoms with E-state index in [2.05, 4.69) is 10.3 Å². The summed E-state index contributed by atoms with van der Waals surface area (Å²) in [4.78, 5) is 16.7. The van der Waals surface area contributed by atoms with Crippen molar-refractivity contribution < 1.29 is 4.79 Å². The summed E-state index contributed by atoms with van der Waals surface area (Å²) >= 11 is 13.4. The Hall–Kier alpha value is -2.39. The maximum atomic E-state index is 12.2. The second kappa shape index (κ2) is 8.33. The number of hydrogen-bond acceptors (Lipinski definition) is 4. The number of halogens is 2. The maximum absolute atomic E-state index is 12.2. The van der Waals surface area contributed by atoms with Gasteiger partial charge in [0, 0.05) is 22.5 Å². The van der Waals surface area contributed by atoms with Crippen LogP contribution in [-0.2, 0) is 17.6 Å². The second-order valence-electron chi connectivity index (χ2n) is 5.57. The number of carbonyl (C=O) groups excluding carboxylic acids is 1. The highest BCUT2D eigenvalue weighted by Gasteiger charge is 2.10. The van der Waals surface area contributed by atoms with Crippen molar-refractivity contribution in [3.05, 3.63) is 79.7 Å². The van der Waals surface area contributed by atoms with E-state index >= 15 is 0 Å². The van der Waals surface area contributed by atoms with Gasteiger partial charge in [-0.05, 0) is 35.9 Å². The summed E-state index contributed by atoms with van der Waals surface area (Å²) in [6, 6.07) is 14.4. The molecular formula is C19H13Cl2N3OS. The third-order valence-corrected chi connectivity index (χ3v) is 5.02. The number of nitrogens with zero attached hydrogens (tertiary/aromatic N) is 2. The zero-order valence-electron chi connectivity index (χ0n) is 13.5. The van der Waals surface area contributed by atoms with Crippen molar-refractivity contribution >= 4 is 46.1 Å². The predicted molar refractivity (Wildman–Crippen MR) is 105 cm³/mol. The molecule has 1 N–H and O–H groups in total. The Morgan fingerprint density at radius 3 is 2.85 bits per heavy atom. The predicted octanol–water partition coefficient (Wildman–Crippen LogP) is 5.09. The maximum Gasteiger partial charge on any atom is 0.230 e. The average molecular weight is 402 g/mol. The lowest BCUT2D eigenvalue weighted by molar-refractivity contribution is -0.115. The number of amides is 1. The van der Waals surface area contributed by atoms with Crippen LogP contribution >= 0.6 is 34.5 Å². The molecule has 7 heteroatoms. The van der Waals surface area contributed by atoms with Crippen molar-refractivity contribution in [2.45, 2.75) is 12.8 Å². The normalized spacial score (nSPS) is 10.3. The molecule has 0 aliphatic carbocycles. The van der Waals surface area contributed by atoms with Crippen molar-refractivity contribution in [2.24, 2.45) is 0 Å². The number of nitrogens with one attached hydrogen (secondary N) is 1. The van der Waals surface area contributed by atoms with E-state index in [1.54, 1.807) is 18.2 Å². The van der Waals surface area contributed by atoms with Gasteiger partial charge in [-0.2, -0.15) is 5.26 Å². The summed E-state index contributed by atoms with van der Waals surface area (Å²) < 4.78 is 0. The summed E-state index contributed by atoms with van der Waals surface area (Å²) in [5.74, 6) is -0.198. The van der Waals surface area contributed by atoms with Crippen molar-refractivity contribution in [3.63, 3.8) is 0 Å². The highest BCUT2D eigenvalue weighted by atomic mass is 35.5. The molecule has 0 saturated carbocycles. The molecule has 0 fully saturated rings. The van der Waals surface area contributed by atoms with Gasteiger partial charge in [-0.1, -0.05) is 35.3 Å². The molecule has 1 heterocycles. The first kappa shape index (κ1) is 18.4. The molecule has 0 aliphatic heterocycles. The molecule has 0 radical (unpaired) electrons. The SMILES string of the molecule is N#Cc1cc(NC(=O)Cc2csc(Cc3cccc(Cl)c3)n2)ccc1Cl. The molecule has 0 saturated heterocycles. The van der Waals surface area contributed by atoms with Crippen molar-refractivity contribution in [1.29, 1.82) is 5.26 Å². The summed E-state index contributed by atoms with van der Waals surface area (Å²) in [7, 11) is 0. The lowest BCUT2D eigenvalue weighted by atomic mass is 10.2. The van der Waals surface area contributed by atoms with Gasteiger partial charge < -0.3 is 5.32 Å². The molecule has 0 atom stereocenters. The van der Waals surface area contributed by atoms with Crippen molar-refractivity contribution in [1.82, 2.24) is 4.98 Å². The molecule has 1 aromatic heterocycles. The van der Waals surface area contributed by atoms with Gasteiger partial charge in [-0.15, -0.1) is 11.3 Å². The average Bonchev–Trinajstić information content (AvgIpc) is 3.03. The van der Waals surface area contributed by atoms with Crippen LogP contribution in [0.2, 0.25) is 10.0 Å². The van der Waals surface area contributed by atoms with Crippen LogP contribution in [-0.4, -0.2) is 10.9 Å². The van der Waals surface area contributed by atoms with Crippen LogP contribution in [0.1, 0.15) is 21.8 Å². The first-order valence-electron chi connectivity index (χ1n) is 7.71. The van der Waals surface area contributed by atoms with E-state index in [0.717, 1.165) is 10.6 Å². The highest BCUT2D eigenvalue weighted by molar-refractivity contribution is 7.09. The molecule has 0 aliphatic rings. The minimum atomic E-state index is -0.198. The van der Waals surface area contributed by atoms with Crippen LogP contribution in [0.15, 0.2) is 47.8 Å². The van der Waals surface area contributed by atoms with Gasteiger partial charge >= 0.3 is 0 Å². The van der Waals surface area contributed by atoms with Gasteiger partial charge in [0.2, 0.25) is 5.91 Å². The number of thiazole rings is 1.